The highest BCUT2D eigenvalue weighted by Crippen LogP contribution is 2.33. The van der Waals surface area contributed by atoms with Crippen LogP contribution in [0, 0.1) is 13.8 Å². The molecule has 8 heteroatoms. The molecule has 0 spiro atoms. The molecule has 0 aromatic heterocycles. The summed E-state index contributed by atoms with van der Waals surface area (Å²) in [5.74, 6) is 1.09. The summed E-state index contributed by atoms with van der Waals surface area (Å²) in [6.45, 7) is 3.41. The summed E-state index contributed by atoms with van der Waals surface area (Å²) in [7, 11) is -0.787. The molecule has 2 rings (SSSR count). The van der Waals surface area contributed by atoms with E-state index in [1.165, 1.54) is 14.2 Å². The fourth-order valence-corrected chi connectivity index (χ4v) is 4.60. The van der Waals surface area contributed by atoms with Crippen molar-refractivity contribution in [1.29, 1.82) is 0 Å². The van der Waals surface area contributed by atoms with Gasteiger partial charge in [-0.05, 0) is 48.7 Å². The highest BCUT2D eigenvalue weighted by Gasteiger charge is 2.23. The van der Waals surface area contributed by atoms with Gasteiger partial charge < -0.3 is 9.47 Å². The van der Waals surface area contributed by atoms with Crippen LogP contribution in [0.4, 0.5) is 0 Å². The summed E-state index contributed by atoms with van der Waals surface area (Å²) in [6, 6.07) is 6.82. The molecule has 2 aromatic rings. The maximum atomic E-state index is 12.7. The van der Waals surface area contributed by atoms with E-state index in [-0.39, 0.29) is 16.5 Å². The Morgan fingerprint density at radius 1 is 1.04 bits per heavy atom. The highest BCUT2D eigenvalue weighted by atomic mass is 35.5. The number of aryl methyl sites for hydroxylation is 1. The van der Waals surface area contributed by atoms with Gasteiger partial charge in [-0.15, -0.1) is 0 Å². The molecule has 0 saturated carbocycles. The number of hydrogen-bond acceptors (Lipinski definition) is 4. The first-order chi connectivity index (χ1) is 11.7. The van der Waals surface area contributed by atoms with E-state index in [1.54, 1.807) is 38.1 Å². The van der Waals surface area contributed by atoms with Gasteiger partial charge >= 0.3 is 0 Å². The van der Waals surface area contributed by atoms with E-state index in [0.717, 1.165) is 0 Å². The lowest BCUT2D eigenvalue weighted by Gasteiger charge is -2.15. The molecule has 0 aliphatic carbocycles. The molecule has 2 aromatic carbocycles. The fraction of sp³-hybridized carbons (Fsp3) is 0.294. The number of hydrogen-bond donors (Lipinski definition) is 1. The number of benzene rings is 2. The molecule has 5 nitrogen and oxygen atoms in total. The van der Waals surface area contributed by atoms with Gasteiger partial charge in [0.15, 0.2) is 11.5 Å². The van der Waals surface area contributed by atoms with Crippen molar-refractivity contribution in [2.75, 3.05) is 14.2 Å². The maximum absolute atomic E-state index is 12.7. The first-order valence-electron chi connectivity index (χ1n) is 7.37. The Kier molecular flexibility index (Phi) is 6.21. The van der Waals surface area contributed by atoms with E-state index in [0.29, 0.717) is 33.2 Å². The van der Waals surface area contributed by atoms with Gasteiger partial charge in [-0.3, -0.25) is 0 Å². The summed E-state index contributed by atoms with van der Waals surface area (Å²) < 4.78 is 38.4. The minimum atomic E-state index is -3.84. The number of nitrogens with one attached hydrogen (secondary N) is 1. The Bertz CT molecular complexity index is 872. The number of methoxy groups -OCH3 is 2. The average Bonchev–Trinajstić information content (AvgIpc) is 2.58. The van der Waals surface area contributed by atoms with E-state index in [9.17, 15) is 8.42 Å². The Balaban J connectivity index is 2.32. The molecule has 0 unspecified atom stereocenters. The van der Waals surface area contributed by atoms with Crippen LogP contribution >= 0.6 is 23.2 Å². The van der Waals surface area contributed by atoms with Crippen LogP contribution in [0.25, 0.3) is 0 Å². The molecule has 0 amide bonds. The third kappa shape index (κ3) is 4.20. The quantitative estimate of drug-likeness (QED) is 0.787. The molecule has 0 fully saturated rings. The summed E-state index contributed by atoms with van der Waals surface area (Å²) in [5, 5.41) is 0.523. The minimum Gasteiger partial charge on any atom is -0.493 e. The van der Waals surface area contributed by atoms with Crippen molar-refractivity contribution in [3.8, 4) is 11.5 Å². The number of rotatable bonds is 6. The summed E-state index contributed by atoms with van der Waals surface area (Å²) in [4.78, 5) is -0.000330. The van der Waals surface area contributed by atoms with Crippen LogP contribution in [0.2, 0.25) is 10.0 Å². The van der Waals surface area contributed by atoms with E-state index >= 15 is 0 Å². The van der Waals surface area contributed by atoms with E-state index in [4.69, 9.17) is 32.7 Å². The van der Waals surface area contributed by atoms with Gasteiger partial charge in [-0.2, -0.15) is 0 Å². The van der Waals surface area contributed by atoms with Crippen molar-refractivity contribution in [3.05, 3.63) is 51.0 Å². The second kappa shape index (κ2) is 7.83. The van der Waals surface area contributed by atoms with E-state index in [2.05, 4.69) is 4.72 Å². The largest absolute Gasteiger partial charge is 0.493 e. The smallest absolute Gasteiger partial charge is 0.242 e. The molecule has 0 bridgehead atoms. The van der Waals surface area contributed by atoms with Crippen LogP contribution < -0.4 is 14.2 Å². The van der Waals surface area contributed by atoms with Crippen LogP contribution in [0.15, 0.2) is 29.2 Å². The Hall–Kier alpha value is -1.47. The maximum Gasteiger partial charge on any atom is 0.242 e. The van der Waals surface area contributed by atoms with Gasteiger partial charge in [-0.25, -0.2) is 13.1 Å². The molecule has 0 atom stereocenters. The summed E-state index contributed by atoms with van der Waals surface area (Å²) in [5.41, 5.74) is 1.73. The molecular weight excluding hydrogens is 385 g/mol. The number of sulfonamides is 1. The predicted molar refractivity (Wildman–Crippen MR) is 99.5 cm³/mol. The Morgan fingerprint density at radius 3 is 2.28 bits per heavy atom. The number of halogens is 2. The van der Waals surface area contributed by atoms with Crippen LogP contribution in [-0.4, -0.2) is 22.6 Å². The first kappa shape index (κ1) is 19.8. The second-order valence-electron chi connectivity index (χ2n) is 5.46. The standard InChI is InChI=1S/C17H19Cl2NO4S/c1-10-7-13(18)11(2)17(16(10)19)25(21,22)20-9-12-5-6-14(23-3)15(8-12)24-4/h5-8,20H,9H2,1-4H3. The summed E-state index contributed by atoms with van der Waals surface area (Å²) in [6.07, 6.45) is 0. The van der Waals surface area contributed by atoms with Gasteiger partial charge in [0.1, 0.15) is 4.90 Å². The van der Waals surface area contributed by atoms with Crippen molar-refractivity contribution in [1.82, 2.24) is 4.72 Å². The third-order valence-corrected chi connectivity index (χ3v) is 6.33. The van der Waals surface area contributed by atoms with Crippen LogP contribution in [0.5, 0.6) is 11.5 Å². The van der Waals surface area contributed by atoms with Crippen molar-refractivity contribution >= 4 is 33.2 Å². The molecule has 1 N–H and O–H groups in total. The Labute approximate surface area is 157 Å². The Morgan fingerprint density at radius 2 is 1.68 bits per heavy atom. The molecule has 136 valence electrons. The SMILES string of the molecule is COc1ccc(CNS(=O)(=O)c2c(C)c(Cl)cc(C)c2Cl)cc1OC. The molecule has 0 aliphatic heterocycles. The lowest BCUT2D eigenvalue weighted by Crippen LogP contribution is -2.24. The molecule has 25 heavy (non-hydrogen) atoms. The molecule has 0 saturated heterocycles. The van der Waals surface area contributed by atoms with Crippen LogP contribution in [0.1, 0.15) is 16.7 Å². The molecule has 0 aliphatic rings. The van der Waals surface area contributed by atoms with E-state index < -0.39 is 10.0 Å². The third-order valence-electron chi connectivity index (χ3n) is 3.77. The first-order valence-corrected chi connectivity index (χ1v) is 9.61. The fourth-order valence-electron chi connectivity index (χ4n) is 2.37. The zero-order chi connectivity index (χ0) is 18.8. The van der Waals surface area contributed by atoms with Gasteiger partial charge in [0.25, 0.3) is 0 Å². The minimum absolute atomic E-state index is 0.000330. The molecule has 0 radical (unpaired) electrons. The monoisotopic (exact) mass is 403 g/mol. The lowest BCUT2D eigenvalue weighted by atomic mass is 10.2. The second-order valence-corrected chi connectivity index (χ2v) is 7.95. The van der Waals surface area contributed by atoms with Crippen molar-refractivity contribution in [3.63, 3.8) is 0 Å². The van der Waals surface area contributed by atoms with Crippen molar-refractivity contribution in [2.24, 2.45) is 0 Å². The van der Waals surface area contributed by atoms with E-state index in [1.807, 2.05) is 0 Å². The van der Waals surface area contributed by atoms with Gasteiger partial charge in [0.2, 0.25) is 10.0 Å². The average molecular weight is 404 g/mol. The van der Waals surface area contributed by atoms with Gasteiger partial charge in [0.05, 0.1) is 19.2 Å². The van der Waals surface area contributed by atoms with Crippen LogP contribution in [0.3, 0.4) is 0 Å². The van der Waals surface area contributed by atoms with Gasteiger partial charge in [-0.1, -0.05) is 29.3 Å². The zero-order valence-corrected chi connectivity index (χ0v) is 16.6. The molecular formula is C17H19Cl2NO4S. The number of ether oxygens (including phenoxy) is 2. The topological polar surface area (TPSA) is 64.6 Å². The predicted octanol–water partition coefficient (Wildman–Crippen LogP) is 4.11. The lowest BCUT2D eigenvalue weighted by molar-refractivity contribution is 0.354. The van der Waals surface area contributed by atoms with Crippen molar-refractivity contribution in [2.45, 2.75) is 25.3 Å². The van der Waals surface area contributed by atoms with Gasteiger partial charge in [0, 0.05) is 11.6 Å². The highest BCUT2D eigenvalue weighted by molar-refractivity contribution is 7.89. The van der Waals surface area contributed by atoms with Crippen LogP contribution in [-0.2, 0) is 16.6 Å². The zero-order valence-electron chi connectivity index (χ0n) is 14.3. The molecule has 0 heterocycles. The summed E-state index contributed by atoms with van der Waals surface area (Å²) >= 11 is 12.3. The normalized spacial score (nSPS) is 11.4. The van der Waals surface area contributed by atoms with Crippen molar-refractivity contribution < 1.29 is 17.9 Å².